The molecule has 0 radical (unpaired) electrons. The summed E-state index contributed by atoms with van der Waals surface area (Å²) in [6.45, 7) is 0.209. The second-order valence-corrected chi connectivity index (χ2v) is 3.93. The first-order chi connectivity index (χ1) is 9.13. The summed E-state index contributed by atoms with van der Waals surface area (Å²) >= 11 is 0. The lowest BCUT2D eigenvalue weighted by molar-refractivity contribution is 0.112. The van der Waals surface area contributed by atoms with Crippen LogP contribution in [0.5, 0.6) is 5.75 Å². The summed E-state index contributed by atoms with van der Waals surface area (Å²) in [6.07, 6.45) is 2.12. The molecule has 0 aliphatic carbocycles. The molecule has 0 fully saturated rings. The number of nitrogens with one attached hydrogen (secondary N) is 1. The SMILES string of the molecule is COc1ccc(C=O)cc1Cn1ccc(=O)[nH]c1=O. The van der Waals surface area contributed by atoms with Crippen molar-refractivity contribution in [1.29, 1.82) is 0 Å². The predicted octanol–water partition coefficient (Wildman–Crippen LogP) is 0.406. The summed E-state index contributed by atoms with van der Waals surface area (Å²) in [5.41, 5.74) is 0.218. The average molecular weight is 260 g/mol. The molecule has 0 unspecified atom stereocenters. The maximum Gasteiger partial charge on any atom is 0.328 e. The number of methoxy groups -OCH3 is 1. The zero-order valence-corrected chi connectivity index (χ0v) is 10.3. The molecule has 19 heavy (non-hydrogen) atoms. The molecule has 1 aromatic heterocycles. The monoisotopic (exact) mass is 260 g/mol. The third kappa shape index (κ3) is 2.79. The molecule has 1 heterocycles. The van der Waals surface area contributed by atoms with Crippen molar-refractivity contribution >= 4 is 6.29 Å². The van der Waals surface area contributed by atoms with E-state index in [0.29, 0.717) is 16.9 Å². The number of ether oxygens (including phenoxy) is 1. The van der Waals surface area contributed by atoms with Crippen LogP contribution in [0.25, 0.3) is 0 Å². The van der Waals surface area contributed by atoms with Gasteiger partial charge in [0.1, 0.15) is 12.0 Å². The minimum Gasteiger partial charge on any atom is -0.496 e. The van der Waals surface area contributed by atoms with E-state index in [4.69, 9.17) is 4.74 Å². The van der Waals surface area contributed by atoms with Gasteiger partial charge in [-0.15, -0.1) is 0 Å². The average Bonchev–Trinajstić information content (AvgIpc) is 2.41. The number of aromatic amines is 1. The van der Waals surface area contributed by atoms with Crippen molar-refractivity contribution in [2.45, 2.75) is 6.54 Å². The van der Waals surface area contributed by atoms with Crippen molar-refractivity contribution in [2.24, 2.45) is 0 Å². The number of carbonyl (C=O) groups is 1. The molecule has 0 spiro atoms. The Morgan fingerprint density at radius 3 is 2.74 bits per heavy atom. The fourth-order valence-electron chi connectivity index (χ4n) is 1.75. The molecule has 0 amide bonds. The van der Waals surface area contributed by atoms with E-state index < -0.39 is 11.2 Å². The Hall–Kier alpha value is -2.63. The lowest BCUT2D eigenvalue weighted by Gasteiger charge is -2.10. The van der Waals surface area contributed by atoms with Crippen LogP contribution in [-0.2, 0) is 6.54 Å². The molecule has 0 saturated heterocycles. The predicted molar refractivity (Wildman–Crippen MR) is 68.8 cm³/mol. The molecule has 6 nitrogen and oxygen atoms in total. The van der Waals surface area contributed by atoms with Gasteiger partial charge in [-0.25, -0.2) is 4.79 Å². The number of benzene rings is 1. The molecule has 0 bridgehead atoms. The van der Waals surface area contributed by atoms with Gasteiger partial charge in [-0.05, 0) is 18.2 Å². The van der Waals surface area contributed by atoms with Gasteiger partial charge < -0.3 is 4.74 Å². The summed E-state index contributed by atoms with van der Waals surface area (Å²) in [6, 6.07) is 6.20. The van der Waals surface area contributed by atoms with Crippen LogP contribution >= 0.6 is 0 Å². The third-order valence-corrected chi connectivity index (χ3v) is 2.68. The van der Waals surface area contributed by atoms with Crippen LogP contribution in [0.2, 0.25) is 0 Å². The number of H-pyrrole nitrogens is 1. The Labute approximate surface area is 108 Å². The van der Waals surface area contributed by atoms with E-state index in [9.17, 15) is 14.4 Å². The fourth-order valence-corrected chi connectivity index (χ4v) is 1.75. The minimum atomic E-state index is -0.508. The lowest BCUT2D eigenvalue weighted by Crippen LogP contribution is -2.29. The summed E-state index contributed by atoms with van der Waals surface area (Å²) in [4.78, 5) is 35.5. The smallest absolute Gasteiger partial charge is 0.328 e. The number of aromatic nitrogens is 2. The van der Waals surface area contributed by atoms with Crippen LogP contribution in [-0.4, -0.2) is 22.9 Å². The van der Waals surface area contributed by atoms with Gasteiger partial charge in [-0.2, -0.15) is 0 Å². The van der Waals surface area contributed by atoms with E-state index in [-0.39, 0.29) is 6.54 Å². The molecule has 6 heteroatoms. The maximum atomic E-state index is 11.6. The molecule has 1 N–H and O–H groups in total. The second kappa shape index (κ2) is 5.34. The van der Waals surface area contributed by atoms with Crippen molar-refractivity contribution in [3.8, 4) is 5.75 Å². The standard InChI is InChI=1S/C13H12N2O4/c1-19-11-3-2-9(8-16)6-10(11)7-15-5-4-12(17)14-13(15)18/h2-6,8H,7H2,1H3,(H,14,17,18). The third-order valence-electron chi connectivity index (χ3n) is 2.68. The first-order valence-corrected chi connectivity index (χ1v) is 5.56. The zero-order valence-electron chi connectivity index (χ0n) is 10.3. The molecule has 0 atom stereocenters. The van der Waals surface area contributed by atoms with Crippen LogP contribution in [0, 0.1) is 0 Å². The largest absolute Gasteiger partial charge is 0.496 e. The lowest BCUT2D eigenvalue weighted by atomic mass is 10.1. The van der Waals surface area contributed by atoms with Gasteiger partial charge in [0, 0.05) is 23.4 Å². The Morgan fingerprint density at radius 1 is 1.32 bits per heavy atom. The van der Waals surface area contributed by atoms with Crippen LogP contribution in [0.4, 0.5) is 0 Å². The molecule has 2 rings (SSSR count). The molecule has 98 valence electrons. The molecule has 0 saturated carbocycles. The Balaban J connectivity index is 2.44. The Kier molecular flexibility index (Phi) is 3.61. The van der Waals surface area contributed by atoms with Crippen LogP contribution in [0.15, 0.2) is 40.1 Å². The number of hydrogen-bond donors (Lipinski definition) is 1. The first kappa shape index (κ1) is 12.8. The summed E-state index contributed by atoms with van der Waals surface area (Å²) in [7, 11) is 1.51. The Morgan fingerprint density at radius 2 is 2.11 bits per heavy atom. The van der Waals surface area contributed by atoms with Crippen molar-refractivity contribution in [1.82, 2.24) is 9.55 Å². The van der Waals surface area contributed by atoms with Gasteiger partial charge in [0.15, 0.2) is 0 Å². The fraction of sp³-hybridized carbons (Fsp3) is 0.154. The van der Waals surface area contributed by atoms with E-state index in [2.05, 4.69) is 4.98 Å². The molecular formula is C13H12N2O4. The van der Waals surface area contributed by atoms with Gasteiger partial charge in [-0.3, -0.25) is 19.1 Å². The number of nitrogens with zero attached hydrogens (tertiary/aromatic N) is 1. The highest BCUT2D eigenvalue weighted by Crippen LogP contribution is 2.19. The van der Waals surface area contributed by atoms with Gasteiger partial charge in [-0.1, -0.05) is 0 Å². The molecular weight excluding hydrogens is 248 g/mol. The normalized spacial score (nSPS) is 10.2. The van der Waals surface area contributed by atoms with Gasteiger partial charge in [0.2, 0.25) is 0 Å². The summed E-state index contributed by atoms with van der Waals surface area (Å²) in [5, 5.41) is 0. The van der Waals surface area contributed by atoms with Crippen molar-refractivity contribution in [3.05, 3.63) is 62.4 Å². The number of carbonyl (C=O) groups excluding carboxylic acids is 1. The summed E-state index contributed by atoms with van der Waals surface area (Å²) in [5.74, 6) is 0.573. The zero-order chi connectivity index (χ0) is 13.8. The number of hydrogen-bond acceptors (Lipinski definition) is 4. The van der Waals surface area contributed by atoms with Crippen molar-refractivity contribution in [3.63, 3.8) is 0 Å². The van der Waals surface area contributed by atoms with Gasteiger partial charge in [0.05, 0.1) is 13.7 Å². The van der Waals surface area contributed by atoms with Crippen LogP contribution < -0.4 is 16.0 Å². The van der Waals surface area contributed by atoms with E-state index in [0.717, 1.165) is 6.29 Å². The van der Waals surface area contributed by atoms with Crippen molar-refractivity contribution < 1.29 is 9.53 Å². The second-order valence-electron chi connectivity index (χ2n) is 3.93. The highest BCUT2D eigenvalue weighted by atomic mass is 16.5. The minimum absolute atomic E-state index is 0.209. The first-order valence-electron chi connectivity index (χ1n) is 5.56. The highest BCUT2D eigenvalue weighted by molar-refractivity contribution is 5.75. The number of rotatable bonds is 4. The topological polar surface area (TPSA) is 81.2 Å². The van der Waals surface area contributed by atoms with E-state index in [1.807, 2.05) is 0 Å². The van der Waals surface area contributed by atoms with Crippen LogP contribution in [0.3, 0.4) is 0 Å². The van der Waals surface area contributed by atoms with E-state index >= 15 is 0 Å². The quantitative estimate of drug-likeness (QED) is 0.807. The molecule has 0 aliphatic heterocycles. The number of aldehydes is 1. The van der Waals surface area contributed by atoms with Gasteiger partial charge in [0.25, 0.3) is 5.56 Å². The van der Waals surface area contributed by atoms with E-state index in [1.165, 1.54) is 23.9 Å². The van der Waals surface area contributed by atoms with Gasteiger partial charge >= 0.3 is 5.69 Å². The molecule has 0 aliphatic rings. The molecule has 1 aromatic carbocycles. The van der Waals surface area contributed by atoms with E-state index in [1.54, 1.807) is 18.2 Å². The highest BCUT2D eigenvalue weighted by Gasteiger charge is 2.06. The maximum absolute atomic E-state index is 11.6. The molecule has 2 aromatic rings. The Bertz CT molecular complexity index is 715. The van der Waals surface area contributed by atoms with Crippen molar-refractivity contribution in [2.75, 3.05) is 7.11 Å². The van der Waals surface area contributed by atoms with Crippen LogP contribution in [0.1, 0.15) is 15.9 Å². The summed E-state index contributed by atoms with van der Waals surface area (Å²) < 4.78 is 6.50.